The van der Waals surface area contributed by atoms with E-state index in [1.807, 2.05) is 0 Å². The number of pyridine rings is 1. The molecule has 2 aliphatic heterocycles. The van der Waals surface area contributed by atoms with Crippen molar-refractivity contribution in [3.8, 4) is 0 Å². The number of nitrogens with zero attached hydrogens (tertiary/aromatic N) is 3. The van der Waals surface area contributed by atoms with Crippen LogP contribution < -0.4 is 5.56 Å². The standard InChI is InChI=1S/C15H21N3O5S/c1-16-6-3-4-11(14(16)19)15(20)17-7-5-13-12(10-17)18(8-9-23-13)24(2,21)22/h3-4,6,12-13H,5,7-10H2,1-2H3/t12-,13-/m0/s1. The van der Waals surface area contributed by atoms with Gasteiger partial charge >= 0.3 is 0 Å². The van der Waals surface area contributed by atoms with Crippen LogP contribution in [-0.4, -0.2) is 72.7 Å². The highest BCUT2D eigenvalue weighted by atomic mass is 32.2. The molecule has 0 aliphatic carbocycles. The van der Waals surface area contributed by atoms with Gasteiger partial charge in [0.2, 0.25) is 10.0 Å². The Morgan fingerprint density at radius 1 is 1.33 bits per heavy atom. The monoisotopic (exact) mass is 355 g/mol. The number of sulfonamides is 1. The molecular formula is C15H21N3O5S. The normalized spacial score (nSPS) is 25.3. The van der Waals surface area contributed by atoms with Crippen LogP contribution >= 0.6 is 0 Å². The molecule has 132 valence electrons. The molecule has 2 fully saturated rings. The Labute approximate surface area is 140 Å². The quantitative estimate of drug-likeness (QED) is 0.697. The van der Waals surface area contributed by atoms with Gasteiger partial charge in [-0.1, -0.05) is 0 Å². The number of carbonyl (C=O) groups excluding carboxylic acids is 1. The summed E-state index contributed by atoms with van der Waals surface area (Å²) in [5.41, 5.74) is -0.259. The molecule has 24 heavy (non-hydrogen) atoms. The molecule has 1 amide bonds. The Hall–Kier alpha value is -1.71. The topological polar surface area (TPSA) is 88.9 Å². The number of rotatable bonds is 2. The summed E-state index contributed by atoms with van der Waals surface area (Å²) in [4.78, 5) is 26.4. The number of carbonyl (C=O) groups is 1. The first kappa shape index (κ1) is 17.1. The van der Waals surface area contributed by atoms with Crippen molar-refractivity contribution in [1.82, 2.24) is 13.8 Å². The van der Waals surface area contributed by atoms with E-state index < -0.39 is 16.1 Å². The second-order valence-electron chi connectivity index (χ2n) is 6.23. The maximum atomic E-state index is 12.7. The van der Waals surface area contributed by atoms with Gasteiger partial charge in [-0.2, -0.15) is 4.31 Å². The van der Waals surface area contributed by atoms with Gasteiger partial charge in [0.25, 0.3) is 11.5 Å². The van der Waals surface area contributed by atoms with Crippen molar-refractivity contribution in [1.29, 1.82) is 0 Å². The van der Waals surface area contributed by atoms with Crippen LogP contribution in [0.5, 0.6) is 0 Å². The SMILES string of the molecule is Cn1cccc(C(=O)N2CC[C@@H]3OCCN(S(C)(=O)=O)[C@H]3C2)c1=O. The Kier molecular flexibility index (Phi) is 4.50. The number of likely N-dealkylation sites (tertiary alicyclic amines) is 1. The fourth-order valence-electron chi connectivity index (χ4n) is 3.37. The third-order valence-electron chi connectivity index (χ3n) is 4.60. The molecule has 0 saturated carbocycles. The molecule has 2 saturated heterocycles. The molecule has 0 N–H and O–H groups in total. The summed E-state index contributed by atoms with van der Waals surface area (Å²) in [6.07, 6.45) is 3.10. The lowest BCUT2D eigenvalue weighted by Gasteiger charge is -2.45. The second kappa shape index (κ2) is 6.30. The van der Waals surface area contributed by atoms with E-state index in [9.17, 15) is 18.0 Å². The van der Waals surface area contributed by atoms with Gasteiger partial charge in [0.15, 0.2) is 0 Å². The van der Waals surface area contributed by atoms with Crippen molar-refractivity contribution in [3.63, 3.8) is 0 Å². The van der Waals surface area contributed by atoms with Gasteiger partial charge in [-0.05, 0) is 18.6 Å². The molecule has 3 heterocycles. The smallest absolute Gasteiger partial charge is 0.263 e. The number of morpholine rings is 1. The fraction of sp³-hybridized carbons (Fsp3) is 0.600. The Morgan fingerprint density at radius 2 is 2.08 bits per heavy atom. The van der Waals surface area contributed by atoms with Crippen molar-refractivity contribution in [2.45, 2.75) is 18.6 Å². The molecule has 2 aliphatic rings. The minimum absolute atomic E-state index is 0.0982. The van der Waals surface area contributed by atoms with E-state index in [0.29, 0.717) is 19.6 Å². The molecule has 1 aromatic heterocycles. The van der Waals surface area contributed by atoms with E-state index in [-0.39, 0.29) is 36.2 Å². The van der Waals surface area contributed by atoms with Crippen molar-refractivity contribution >= 4 is 15.9 Å². The first-order valence-electron chi connectivity index (χ1n) is 7.82. The fourth-order valence-corrected chi connectivity index (χ4v) is 4.47. The molecule has 2 atom stereocenters. The third-order valence-corrected chi connectivity index (χ3v) is 5.91. The van der Waals surface area contributed by atoms with Crippen LogP contribution in [0.15, 0.2) is 23.1 Å². The third kappa shape index (κ3) is 3.11. The van der Waals surface area contributed by atoms with Crippen LogP contribution in [0.4, 0.5) is 0 Å². The lowest BCUT2D eigenvalue weighted by molar-refractivity contribution is -0.0704. The maximum Gasteiger partial charge on any atom is 0.263 e. The zero-order valence-corrected chi connectivity index (χ0v) is 14.5. The molecule has 8 nitrogen and oxygen atoms in total. The number of aromatic nitrogens is 1. The van der Waals surface area contributed by atoms with E-state index >= 15 is 0 Å². The number of ether oxygens (including phenoxy) is 1. The van der Waals surface area contributed by atoms with E-state index in [1.165, 1.54) is 21.2 Å². The molecule has 0 spiro atoms. The molecule has 0 bridgehead atoms. The summed E-state index contributed by atoms with van der Waals surface area (Å²) in [5, 5.41) is 0. The first-order valence-corrected chi connectivity index (χ1v) is 9.67. The number of hydrogen-bond donors (Lipinski definition) is 0. The highest BCUT2D eigenvalue weighted by Crippen LogP contribution is 2.25. The van der Waals surface area contributed by atoms with Gasteiger partial charge in [-0.15, -0.1) is 0 Å². The van der Waals surface area contributed by atoms with Crippen LogP contribution in [0, 0.1) is 0 Å². The van der Waals surface area contributed by atoms with Gasteiger partial charge in [0, 0.05) is 32.9 Å². The number of hydrogen-bond acceptors (Lipinski definition) is 5. The predicted molar refractivity (Wildman–Crippen MR) is 87.3 cm³/mol. The minimum atomic E-state index is -3.38. The molecule has 3 rings (SSSR count). The zero-order valence-electron chi connectivity index (χ0n) is 13.7. The highest BCUT2D eigenvalue weighted by Gasteiger charge is 2.42. The maximum absolute atomic E-state index is 12.7. The second-order valence-corrected chi connectivity index (χ2v) is 8.16. The highest BCUT2D eigenvalue weighted by molar-refractivity contribution is 7.88. The largest absolute Gasteiger partial charge is 0.375 e. The van der Waals surface area contributed by atoms with Gasteiger partial charge in [0.1, 0.15) is 5.56 Å². The first-order chi connectivity index (χ1) is 11.3. The Bertz CT molecular complexity index is 804. The number of piperidine rings is 1. The van der Waals surface area contributed by atoms with Crippen LogP contribution in [0.2, 0.25) is 0 Å². The number of amides is 1. The van der Waals surface area contributed by atoms with E-state index in [1.54, 1.807) is 24.2 Å². The minimum Gasteiger partial charge on any atom is -0.375 e. The van der Waals surface area contributed by atoms with Crippen molar-refractivity contribution in [3.05, 3.63) is 34.2 Å². The summed E-state index contributed by atoms with van der Waals surface area (Å²) < 4.78 is 32.4. The number of aryl methyl sites for hydroxylation is 1. The van der Waals surface area contributed by atoms with Crippen LogP contribution in [0.25, 0.3) is 0 Å². The van der Waals surface area contributed by atoms with E-state index in [4.69, 9.17) is 4.74 Å². The summed E-state index contributed by atoms with van der Waals surface area (Å²) in [6, 6.07) is 2.75. The molecule has 0 radical (unpaired) electrons. The summed E-state index contributed by atoms with van der Waals surface area (Å²) >= 11 is 0. The Morgan fingerprint density at radius 3 is 2.79 bits per heavy atom. The summed E-state index contributed by atoms with van der Waals surface area (Å²) in [7, 11) is -1.79. The van der Waals surface area contributed by atoms with Gasteiger partial charge < -0.3 is 14.2 Å². The Balaban J connectivity index is 1.85. The average Bonchev–Trinajstić information content (AvgIpc) is 2.55. The summed E-state index contributed by atoms with van der Waals surface area (Å²) in [6.45, 7) is 1.32. The van der Waals surface area contributed by atoms with Crippen LogP contribution in [-0.2, 0) is 21.8 Å². The van der Waals surface area contributed by atoms with Crippen LogP contribution in [0.1, 0.15) is 16.8 Å². The van der Waals surface area contributed by atoms with Crippen LogP contribution in [0.3, 0.4) is 0 Å². The molecule has 1 aromatic rings. The van der Waals surface area contributed by atoms with Gasteiger partial charge in [-0.3, -0.25) is 9.59 Å². The van der Waals surface area contributed by atoms with E-state index in [0.717, 1.165) is 0 Å². The lowest BCUT2D eigenvalue weighted by Crippen LogP contribution is -2.62. The van der Waals surface area contributed by atoms with Crippen molar-refractivity contribution in [2.24, 2.45) is 7.05 Å². The molecule has 0 aromatic carbocycles. The number of fused-ring (bicyclic) bond motifs is 1. The van der Waals surface area contributed by atoms with Crippen molar-refractivity contribution < 1.29 is 17.9 Å². The molecule has 9 heteroatoms. The summed E-state index contributed by atoms with van der Waals surface area (Å²) in [5.74, 6) is -0.367. The van der Waals surface area contributed by atoms with Gasteiger partial charge in [-0.25, -0.2) is 8.42 Å². The zero-order chi connectivity index (χ0) is 17.5. The predicted octanol–water partition coefficient (Wildman–Crippen LogP) is -0.740. The van der Waals surface area contributed by atoms with Gasteiger partial charge in [0.05, 0.1) is 25.0 Å². The lowest BCUT2D eigenvalue weighted by atomic mass is 10.00. The average molecular weight is 355 g/mol. The van der Waals surface area contributed by atoms with E-state index in [2.05, 4.69) is 0 Å². The molecular weight excluding hydrogens is 334 g/mol. The van der Waals surface area contributed by atoms with Crippen molar-refractivity contribution in [2.75, 3.05) is 32.5 Å². The molecule has 0 unspecified atom stereocenters.